The average Bonchev–Trinajstić information content (AvgIpc) is 2.24. The fraction of sp³-hybridized carbons (Fsp3) is 0.938. The Morgan fingerprint density at radius 2 is 1.84 bits per heavy atom. The Morgan fingerprint density at radius 3 is 2.37 bits per heavy atom. The molecule has 0 heterocycles. The summed E-state index contributed by atoms with van der Waals surface area (Å²) in [7, 11) is 0. The first kappa shape index (κ1) is 16.5. The van der Waals surface area contributed by atoms with E-state index in [9.17, 15) is 9.90 Å². The van der Waals surface area contributed by atoms with Crippen LogP contribution in [0.2, 0.25) is 0 Å². The first-order valence-corrected chi connectivity index (χ1v) is 7.52. The molecule has 0 aromatic heterocycles. The molecule has 0 aliphatic heterocycles. The summed E-state index contributed by atoms with van der Waals surface area (Å²) in [4.78, 5) is 12.1. The molecular weight excluding hydrogens is 240 g/mol. The number of aliphatic hydroxyl groups excluding tert-OH is 1. The largest absolute Gasteiger partial charge is 0.460 e. The Hall–Kier alpha value is -0.570. The van der Waals surface area contributed by atoms with Crippen LogP contribution in [0.5, 0.6) is 0 Å². The normalized spacial score (nSPS) is 25.2. The summed E-state index contributed by atoms with van der Waals surface area (Å²) < 4.78 is 5.48. The molecule has 3 heteroatoms. The monoisotopic (exact) mass is 270 g/mol. The summed E-state index contributed by atoms with van der Waals surface area (Å²) in [6, 6.07) is 0. The van der Waals surface area contributed by atoms with Crippen LogP contribution in [0.3, 0.4) is 0 Å². The molecule has 0 radical (unpaired) electrons. The van der Waals surface area contributed by atoms with Crippen molar-refractivity contribution < 1.29 is 14.6 Å². The molecule has 0 aromatic carbocycles. The predicted octanol–water partition coefficient (Wildman–Crippen LogP) is 3.69. The Morgan fingerprint density at radius 1 is 1.21 bits per heavy atom. The highest BCUT2D eigenvalue weighted by Crippen LogP contribution is 2.33. The third kappa shape index (κ3) is 5.94. The van der Waals surface area contributed by atoms with Crippen LogP contribution in [0, 0.1) is 11.3 Å². The Balaban J connectivity index is 2.43. The molecule has 2 atom stereocenters. The van der Waals surface area contributed by atoms with Gasteiger partial charge < -0.3 is 9.84 Å². The van der Waals surface area contributed by atoms with Crippen LogP contribution in [-0.2, 0) is 9.53 Å². The van der Waals surface area contributed by atoms with E-state index in [1.807, 2.05) is 34.6 Å². The van der Waals surface area contributed by atoms with Crippen molar-refractivity contribution in [1.29, 1.82) is 0 Å². The number of aliphatic hydroxyl groups is 1. The van der Waals surface area contributed by atoms with Gasteiger partial charge in [-0.25, -0.2) is 0 Å². The zero-order valence-electron chi connectivity index (χ0n) is 13.2. The number of esters is 1. The Kier molecular flexibility index (Phi) is 5.43. The van der Waals surface area contributed by atoms with Gasteiger partial charge in [0.05, 0.1) is 11.5 Å². The smallest absolute Gasteiger partial charge is 0.312 e. The van der Waals surface area contributed by atoms with Gasteiger partial charge in [-0.15, -0.1) is 0 Å². The third-order valence-electron chi connectivity index (χ3n) is 3.88. The molecule has 1 aliphatic carbocycles. The fourth-order valence-electron chi connectivity index (χ4n) is 2.61. The summed E-state index contributed by atoms with van der Waals surface area (Å²) in [5.41, 5.74) is -0.856. The van der Waals surface area contributed by atoms with E-state index in [-0.39, 0.29) is 12.1 Å². The van der Waals surface area contributed by atoms with Crippen molar-refractivity contribution in [1.82, 2.24) is 0 Å². The van der Waals surface area contributed by atoms with E-state index in [1.165, 1.54) is 6.42 Å². The van der Waals surface area contributed by atoms with Gasteiger partial charge in [0.15, 0.2) is 0 Å². The maximum Gasteiger partial charge on any atom is 0.312 e. The molecule has 1 saturated carbocycles. The van der Waals surface area contributed by atoms with Gasteiger partial charge in [0.25, 0.3) is 0 Å². The second-order valence-electron chi connectivity index (χ2n) is 7.61. The minimum Gasteiger partial charge on any atom is -0.460 e. The van der Waals surface area contributed by atoms with Gasteiger partial charge in [-0.3, -0.25) is 4.79 Å². The molecule has 1 fully saturated rings. The maximum absolute atomic E-state index is 12.1. The molecular formula is C16H30O3. The standard InChI is InChI=1S/C16H30O3/c1-15(2,3)19-14(18)16(4,5)10-9-12-7-6-8-13(17)11-12/h12-13,17H,6-11H2,1-5H3/t12-,13-/m0/s1. The van der Waals surface area contributed by atoms with E-state index in [1.54, 1.807) is 0 Å². The van der Waals surface area contributed by atoms with Gasteiger partial charge in [0.1, 0.15) is 5.60 Å². The minimum atomic E-state index is -0.435. The van der Waals surface area contributed by atoms with Crippen molar-refractivity contribution in [3.63, 3.8) is 0 Å². The van der Waals surface area contributed by atoms with Crippen molar-refractivity contribution in [2.75, 3.05) is 0 Å². The van der Waals surface area contributed by atoms with Crippen molar-refractivity contribution in [3.05, 3.63) is 0 Å². The highest BCUT2D eigenvalue weighted by atomic mass is 16.6. The van der Waals surface area contributed by atoms with Crippen molar-refractivity contribution in [2.24, 2.45) is 11.3 Å². The molecule has 1 N–H and O–H groups in total. The SMILES string of the molecule is CC(C)(C)OC(=O)C(C)(C)CC[C@@H]1CCC[C@H](O)C1. The van der Waals surface area contributed by atoms with Crippen LogP contribution in [0.4, 0.5) is 0 Å². The Labute approximate surface area is 117 Å². The summed E-state index contributed by atoms with van der Waals surface area (Å²) in [5.74, 6) is 0.446. The molecule has 0 amide bonds. The number of carbonyl (C=O) groups is 1. The number of hydrogen-bond donors (Lipinski definition) is 1. The topological polar surface area (TPSA) is 46.5 Å². The van der Waals surface area contributed by atoms with E-state index < -0.39 is 11.0 Å². The molecule has 0 aromatic rings. The molecule has 1 rings (SSSR count). The third-order valence-corrected chi connectivity index (χ3v) is 3.88. The first-order chi connectivity index (χ1) is 8.60. The number of hydrogen-bond acceptors (Lipinski definition) is 3. The number of carbonyl (C=O) groups excluding carboxylic acids is 1. The van der Waals surface area contributed by atoms with Crippen LogP contribution in [0.15, 0.2) is 0 Å². The second-order valence-corrected chi connectivity index (χ2v) is 7.61. The molecule has 3 nitrogen and oxygen atoms in total. The molecule has 112 valence electrons. The van der Waals surface area contributed by atoms with Crippen LogP contribution in [0.1, 0.15) is 73.1 Å². The lowest BCUT2D eigenvalue weighted by molar-refractivity contribution is -0.166. The number of rotatable bonds is 4. The van der Waals surface area contributed by atoms with Gasteiger partial charge in [-0.1, -0.05) is 12.8 Å². The van der Waals surface area contributed by atoms with E-state index in [0.717, 1.165) is 32.1 Å². The molecule has 1 aliphatic rings. The summed E-state index contributed by atoms with van der Waals surface area (Å²) in [6.07, 6.45) is 5.82. The summed E-state index contributed by atoms with van der Waals surface area (Å²) >= 11 is 0. The van der Waals surface area contributed by atoms with Crippen LogP contribution < -0.4 is 0 Å². The van der Waals surface area contributed by atoms with Crippen molar-refractivity contribution in [2.45, 2.75) is 84.8 Å². The van der Waals surface area contributed by atoms with E-state index >= 15 is 0 Å². The lowest BCUT2D eigenvalue weighted by Gasteiger charge is -2.31. The van der Waals surface area contributed by atoms with Crippen molar-refractivity contribution >= 4 is 5.97 Å². The van der Waals surface area contributed by atoms with Gasteiger partial charge in [0, 0.05) is 0 Å². The van der Waals surface area contributed by atoms with Gasteiger partial charge >= 0.3 is 5.97 Å². The molecule has 0 bridgehead atoms. The van der Waals surface area contributed by atoms with E-state index in [0.29, 0.717) is 5.92 Å². The zero-order chi connectivity index (χ0) is 14.7. The van der Waals surface area contributed by atoms with Gasteiger partial charge in [0.2, 0.25) is 0 Å². The minimum absolute atomic E-state index is 0.114. The Bertz CT molecular complexity index is 302. The summed E-state index contributed by atoms with van der Waals surface area (Å²) in [6.45, 7) is 9.62. The van der Waals surface area contributed by atoms with E-state index in [4.69, 9.17) is 4.74 Å². The predicted molar refractivity (Wildman–Crippen MR) is 76.8 cm³/mol. The number of ether oxygens (including phenoxy) is 1. The fourth-order valence-corrected chi connectivity index (χ4v) is 2.61. The van der Waals surface area contributed by atoms with E-state index in [2.05, 4.69) is 0 Å². The summed E-state index contributed by atoms with van der Waals surface area (Å²) in [5, 5.41) is 9.68. The maximum atomic E-state index is 12.1. The first-order valence-electron chi connectivity index (χ1n) is 7.52. The van der Waals surface area contributed by atoms with Crippen molar-refractivity contribution in [3.8, 4) is 0 Å². The molecule has 0 spiro atoms. The highest BCUT2D eigenvalue weighted by molar-refractivity contribution is 5.76. The lowest BCUT2D eigenvalue weighted by atomic mass is 9.79. The van der Waals surface area contributed by atoms with Gasteiger partial charge in [-0.2, -0.15) is 0 Å². The zero-order valence-corrected chi connectivity index (χ0v) is 13.2. The molecule has 0 unspecified atom stereocenters. The highest BCUT2D eigenvalue weighted by Gasteiger charge is 2.33. The molecule has 19 heavy (non-hydrogen) atoms. The van der Waals surface area contributed by atoms with Crippen LogP contribution in [0.25, 0.3) is 0 Å². The quantitative estimate of drug-likeness (QED) is 0.793. The van der Waals surface area contributed by atoms with Crippen LogP contribution >= 0.6 is 0 Å². The molecule has 0 saturated heterocycles. The van der Waals surface area contributed by atoms with Crippen LogP contribution in [-0.4, -0.2) is 22.8 Å². The average molecular weight is 270 g/mol. The second kappa shape index (κ2) is 6.25. The lowest BCUT2D eigenvalue weighted by Crippen LogP contribution is -2.34. The van der Waals surface area contributed by atoms with Gasteiger partial charge in [-0.05, 0) is 66.2 Å².